The van der Waals surface area contributed by atoms with Crippen molar-refractivity contribution >= 4 is 23.6 Å². The topological polar surface area (TPSA) is 617 Å². The molecule has 0 bridgehead atoms. The van der Waals surface area contributed by atoms with Crippen LogP contribution in [0, 0.1) is 19.3 Å². The lowest BCUT2D eigenvalue weighted by atomic mass is 10.4. The summed E-state index contributed by atoms with van der Waals surface area (Å²) in [6.45, 7) is 38.7. The number of carbonyl (C=O) groups excluding carboxylic acids is 2. The Morgan fingerprint density at radius 1 is 0.350 bits per heavy atom. The number of rotatable bonds is 108. The Morgan fingerprint density at radius 2 is 0.557 bits per heavy atom. The zero-order chi connectivity index (χ0) is 102. The van der Waals surface area contributed by atoms with Gasteiger partial charge in [0.05, 0.1) is 375 Å². The highest BCUT2D eigenvalue weighted by molar-refractivity contribution is 5.81. The van der Waals surface area contributed by atoms with Gasteiger partial charge in [0.25, 0.3) is 0 Å². The molecule has 0 radical (unpaired) electrons. The van der Waals surface area contributed by atoms with E-state index >= 15 is 0 Å². The van der Waals surface area contributed by atoms with Crippen LogP contribution in [0.3, 0.4) is 0 Å². The quantitative estimate of drug-likeness (QED) is 0.0271. The maximum absolute atomic E-state index is 11.2. The van der Waals surface area contributed by atoms with Crippen molar-refractivity contribution in [3.63, 3.8) is 0 Å². The van der Waals surface area contributed by atoms with Gasteiger partial charge in [0.2, 0.25) is 11.8 Å². The molecule has 140 heavy (non-hydrogen) atoms. The van der Waals surface area contributed by atoms with Crippen molar-refractivity contribution in [2.45, 2.75) is 59.2 Å². The molecule has 0 aliphatic carbocycles. The lowest BCUT2D eigenvalue weighted by molar-refractivity contribution is -0.138. The van der Waals surface area contributed by atoms with Crippen molar-refractivity contribution in [3.8, 4) is 12.3 Å². The minimum Gasteiger partial charge on any atom is -0.481 e. The first-order valence-corrected chi connectivity index (χ1v) is 47.5. The van der Waals surface area contributed by atoms with Crippen LogP contribution in [0.4, 0.5) is 0 Å². The van der Waals surface area contributed by atoms with Gasteiger partial charge in [0.1, 0.15) is 5.84 Å². The molecule has 810 valence electrons. The molecule has 2 rings (SSSR count). The number of amides is 2. The number of hydrogen-bond donors (Lipinski definition) is 3. The van der Waals surface area contributed by atoms with Crippen LogP contribution >= 0.6 is 0 Å². The highest BCUT2D eigenvalue weighted by atomic mass is 16.6. The fourth-order valence-electron chi connectivity index (χ4n) is 10.4. The average Bonchev–Trinajstić information content (AvgIpc) is 1.80. The Bertz CT molecular complexity index is 3070. The van der Waals surface area contributed by atoms with E-state index in [0.717, 1.165) is 31.7 Å². The number of carbonyl (C=O) groups is 3. The molecule has 1 aliphatic heterocycles. The van der Waals surface area contributed by atoms with E-state index < -0.39 is 5.97 Å². The molecule has 54 heteroatoms. The smallest absolute Gasteiger partial charge is 0.305 e. The molecule has 0 aromatic carbocycles. The summed E-state index contributed by atoms with van der Waals surface area (Å²) in [5.74, 6) is 1.99. The molecule has 54 nitrogen and oxygen atoms in total. The summed E-state index contributed by atoms with van der Waals surface area (Å²) in [5, 5.41) is 43.1. The Balaban J connectivity index is 0. The predicted octanol–water partition coefficient (Wildman–Crippen LogP) is 4.14. The van der Waals surface area contributed by atoms with Crippen LogP contribution in [-0.4, -0.2) is 521 Å². The maximum atomic E-state index is 11.2. The number of azide groups is 4. The van der Waals surface area contributed by atoms with Crippen LogP contribution in [0.2, 0.25) is 0 Å². The van der Waals surface area contributed by atoms with Gasteiger partial charge in [-0.25, -0.2) is 9.67 Å². The molecule has 2 heterocycles. The van der Waals surface area contributed by atoms with Gasteiger partial charge in [-0.05, 0) is 42.9 Å². The van der Waals surface area contributed by atoms with Gasteiger partial charge in [0.15, 0.2) is 6.17 Å². The number of aryl methyl sites for hydroxylation is 1. The Morgan fingerprint density at radius 3 is 0.757 bits per heavy atom. The molecule has 0 saturated heterocycles. The van der Waals surface area contributed by atoms with E-state index in [1.54, 1.807) is 25.7 Å². The SMILES string of the molecule is C#CC.CNC(=O)CCOCCOCCOCCN(CCOCCOCCOCCC1N=NC(C)=N1)CCOCCOCCOCCn1cc(C)nn1.CNC(=O)CCOCCOCCOCCN(CCOCCOCCOCCN=[N+]=[N-])CCOCCOCCOCCN=[N+]=[N-].[N-]=[N+]=NCCOCCOCCOCCN(CCOCCOCCOCCN=[N+]=[N-])CCOCCOCCOCCC(=O)O. The van der Waals surface area contributed by atoms with E-state index in [4.69, 9.17) is 155 Å². The van der Waals surface area contributed by atoms with Gasteiger partial charge >= 0.3 is 5.97 Å². The summed E-state index contributed by atoms with van der Waals surface area (Å²) in [5.41, 5.74) is 33.7. The van der Waals surface area contributed by atoms with E-state index in [-0.39, 0.29) is 31.0 Å². The van der Waals surface area contributed by atoms with Gasteiger partial charge in [0, 0.05) is 144 Å². The summed E-state index contributed by atoms with van der Waals surface area (Å²) in [7, 11) is 3.20. The minimum atomic E-state index is -0.888. The van der Waals surface area contributed by atoms with Crippen molar-refractivity contribution in [2.75, 3.05) is 456 Å². The molecule has 1 unspecified atom stereocenters. The number of nitrogens with one attached hydrogen (secondary N) is 2. The number of carboxylic acids is 1. The molecule has 0 fully saturated rings. The Labute approximate surface area is 824 Å². The van der Waals surface area contributed by atoms with Crippen LogP contribution in [0.5, 0.6) is 0 Å². The van der Waals surface area contributed by atoms with Crippen molar-refractivity contribution in [3.05, 3.63) is 53.7 Å². The number of aliphatic carboxylic acids is 1. The zero-order valence-electron chi connectivity index (χ0n) is 83.7. The minimum absolute atomic E-state index is 0.0212. The normalized spacial score (nSPS) is 12.0. The molecule has 2 amide bonds. The number of hydrogen-bond acceptors (Lipinski definition) is 42. The lowest BCUT2D eigenvalue weighted by Crippen LogP contribution is -2.34. The fraction of sp³-hybridized carbons (Fsp3) is 0.907. The highest BCUT2D eigenvalue weighted by Gasteiger charge is 2.14. The third kappa shape index (κ3) is 111. The van der Waals surface area contributed by atoms with Gasteiger partial charge < -0.3 is 144 Å². The van der Waals surface area contributed by atoms with E-state index in [1.807, 2.05) is 20.0 Å². The van der Waals surface area contributed by atoms with E-state index in [0.29, 0.717) is 441 Å². The monoisotopic (exact) mass is 2020 g/mol. The van der Waals surface area contributed by atoms with Crippen molar-refractivity contribution in [2.24, 2.45) is 35.7 Å². The first-order valence-electron chi connectivity index (χ1n) is 47.5. The van der Waals surface area contributed by atoms with Gasteiger partial charge in [-0.15, -0.1) is 22.6 Å². The largest absolute Gasteiger partial charge is 0.481 e. The summed E-state index contributed by atoms with van der Waals surface area (Å²) in [6.07, 6.45) is 7.75. The summed E-state index contributed by atoms with van der Waals surface area (Å²) in [6, 6.07) is 0. The van der Waals surface area contributed by atoms with Gasteiger partial charge in [-0.3, -0.25) is 29.1 Å². The molecule has 0 saturated carbocycles. The third-order valence-electron chi connectivity index (χ3n) is 17.5. The van der Waals surface area contributed by atoms with Crippen LogP contribution in [0.15, 0.2) is 41.9 Å². The van der Waals surface area contributed by atoms with E-state index in [1.165, 1.54) is 0 Å². The molecule has 1 atom stereocenters. The van der Waals surface area contributed by atoms with Crippen molar-refractivity contribution < 1.29 is 147 Å². The fourth-order valence-corrected chi connectivity index (χ4v) is 10.4. The first-order chi connectivity index (χ1) is 68.9. The zero-order valence-corrected chi connectivity index (χ0v) is 83.7. The van der Waals surface area contributed by atoms with Crippen molar-refractivity contribution in [1.29, 1.82) is 0 Å². The molecule has 1 aromatic heterocycles. The van der Waals surface area contributed by atoms with Crippen LogP contribution < -0.4 is 10.6 Å². The summed E-state index contributed by atoms with van der Waals surface area (Å²) < 4.78 is 151. The second-order valence-corrected chi connectivity index (χ2v) is 28.4. The van der Waals surface area contributed by atoms with Crippen LogP contribution in [0.1, 0.15) is 45.2 Å². The number of ether oxygens (including phenoxy) is 27. The molecule has 1 aromatic rings. The number of carboxylic acid groups (broad SMARTS) is 1. The van der Waals surface area contributed by atoms with Gasteiger partial charge in [-0.1, -0.05) is 25.7 Å². The number of aromatic nitrogens is 3. The molecule has 1 aliphatic rings. The van der Waals surface area contributed by atoms with E-state index in [9.17, 15) is 14.4 Å². The highest BCUT2D eigenvalue weighted by Crippen LogP contribution is 2.09. The first kappa shape index (κ1) is 134. The Hall–Kier alpha value is -7.58. The standard InChI is InChI=1S/C32H60N8O10.C26H52N8O10.C25H49N7O11.C3H4/c1-29-28-40(38-35-29)9-15-47-21-27-50-26-20-46-14-8-39(7-13-45-19-25-49-23-17-43-11-5-32(41)33-3)6-12-44-18-24-48-22-16-42-10-4-31-34-30(2)36-37-31;1-29-26(35)2-8-36-14-20-42-23-17-39-11-5-34(6-12-40-18-24-43-21-15-37-9-3-30-32-27)7-13-41-19-25-44-22-16-38-10-4-31-33-28;26-30-28-2-8-36-14-20-42-23-17-39-11-5-32(4-10-38-16-22-41-19-13-35-7-1-25(33)34)6-12-40-18-24-43-21-15-37-9-3-29-31-27;1-3-2/h28,31H,4-27H2,1-3H3,(H,33,41);2-25H2,1H3,(H,29,35);1-24H2,(H,33,34);1H,2H3. The summed E-state index contributed by atoms with van der Waals surface area (Å²) in [4.78, 5) is 54.3. The summed E-state index contributed by atoms with van der Waals surface area (Å²) >= 11 is 0. The molecular formula is C86H165N23O31. The lowest BCUT2D eigenvalue weighted by Gasteiger charge is -2.22. The molecule has 0 spiro atoms. The van der Waals surface area contributed by atoms with Crippen LogP contribution in [-0.2, 0) is 149 Å². The maximum Gasteiger partial charge on any atom is 0.305 e. The number of aliphatic imine (C=N–C) groups is 1. The molecule has 3 N–H and O–H groups in total. The Kier molecular flexibility index (Phi) is 112. The number of nitrogens with zero attached hydrogens (tertiary/aromatic N) is 21. The third-order valence-corrected chi connectivity index (χ3v) is 17.5. The number of terminal acetylenes is 1. The number of amidine groups is 1. The second kappa shape index (κ2) is 117. The average molecular weight is 2020 g/mol. The van der Waals surface area contributed by atoms with Crippen molar-refractivity contribution in [1.82, 2.24) is 40.3 Å². The number of azo groups is 1. The second-order valence-electron chi connectivity index (χ2n) is 28.4. The van der Waals surface area contributed by atoms with E-state index in [2.05, 4.69) is 103 Å². The predicted molar refractivity (Wildman–Crippen MR) is 513 cm³/mol. The molecular weight excluding hydrogens is 1850 g/mol. The van der Waals surface area contributed by atoms with Crippen LogP contribution in [0.25, 0.3) is 41.8 Å². The van der Waals surface area contributed by atoms with Gasteiger partial charge in [-0.2, -0.15) is 5.11 Å².